The molecule has 376 valence electrons. The van der Waals surface area contributed by atoms with Crippen LogP contribution in [0.2, 0.25) is 0 Å². The van der Waals surface area contributed by atoms with Crippen molar-refractivity contribution in [1.82, 2.24) is 5.32 Å². The van der Waals surface area contributed by atoms with Gasteiger partial charge in [0, 0.05) is 6.42 Å². The molecule has 65 heavy (non-hydrogen) atoms. The molecule has 0 aromatic rings. The average molecular weight is 908 g/mol. The van der Waals surface area contributed by atoms with Gasteiger partial charge in [-0.3, -0.25) is 9.59 Å². The van der Waals surface area contributed by atoms with Crippen molar-refractivity contribution in [3.63, 3.8) is 0 Å². The van der Waals surface area contributed by atoms with Crippen LogP contribution >= 0.6 is 0 Å². The number of unbranched alkanes of at least 4 members (excludes halogenated alkanes) is 27. The molecule has 0 aromatic heterocycles. The molecule has 0 rings (SSSR count). The number of hydrogen-bond donors (Lipinski definition) is 3. The lowest BCUT2D eigenvalue weighted by Crippen LogP contribution is -2.46. The number of carbonyl (C=O) groups is 2. The van der Waals surface area contributed by atoms with Crippen LogP contribution in [0.4, 0.5) is 0 Å². The molecule has 0 aliphatic carbocycles. The van der Waals surface area contributed by atoms with E-state index in [1.807, 2.05) is 12.2 Å². The fourth-order valence-corrected chi connectivity index (χ4v) is 8.14. The molecular weight excluding hydrogens is 803 g/mol. The van der Waals surface area contributed by atoms with Crippen LogP contribution in [0, 0.1) is 0 Å². The van der Waals surface area contributed by atoms with Gasteiger partial charge in [0.15, 0.2) is 0 Å². The quantitative estimate of drug-likeness (QED) is 0.0245. The lowest BCUT2D eigenvalue weighted by Gasteiger charge is -2.24. The first-order valence-electron chi connectivity index (χ1n) is 27.7. The zero-order chi connectivity index (χ0) is 47.4. The summed E-state index contributed by atoms with van der Waals surface area (Å²) in [5.41, 5.74) is 0. The number of hydrogen-bond acceptors (Lipinski definition) is 5. The number of aliphatic hydroxyl groups is 2. The molecule has 0 aliphatic rings. The molecule has 3 atom stereocenters. The van der Waals surface area contributed by atoms with Gasteiger partial charge in [0.25, 0.3) is 0 Å². The van der Waals surface area contributed by atoms with E-state index in [1.165, 1.54) is 128 Å². The van der Waals surface area contributed by atoms with E-state index in [1.54, 1.807) is 0 Å². The molecule has 0 aromatic carbocycles. The Morgan fingerprint density at radius 2 is 0.892 bits per heavy atom. The minimum absolute atomic E-state index is 0.0469. The molecule has 6 nitrogen and oxygen atoms in total. The van der Waals surface area contributed by atoms with Crippen LogP contribution in [0.25, 0.3) is 0 Å². The Morgan fingerprint density at radius 1 is 0.477 bits per heavy atom. The van der Waals surface area contributed by atoms with Crippen molar-refractivity contribution in [2.75, 3.05) is 6.61 Å². The standard InChI is InChI=1S/C59H105NO5/c1-4-7-10-13-16-19-22-24-26-28-29-30-32-34-37-40-43-46-49-52-59(64)65-55(50-47-44-41-38-35-21-18-15-12-9-6-3)53-58(63)60-56(54-61)57(62)51-48-45-42-39-36-33-31-27-25-23-20-17-14-11-8-5-2/h9,12,15-16,18-19,21,24,26,29-30,35,55-57,61-62H,4-8,10-11,13-14,17,20,22-23,25,27-28,31-34,36-54H2,1-3H3,(H,60,63)/b12-9+,18-15+,19-16-,26-24-,30-29-,35-21-. The fourth-order valence-electron chi connectivity index (χ4n) is 8.14. The van der Waals surface area contributed by atoms with Gasteiger partial charge in [-0.1, -0.05) is 241 Å². The molecule has 3 N–H and O–H groups in total. The molecule has 1 amide bonds. The van der Waals surface area contributed by atoms with Crippen molar-refractivity contribution >= 4 is 11.9 Å². The van der Waals surface area contributed by atoms with Crippen LogP contribution in [-0.4, -0.2) is 46.9 Å². The number of rotatable bonds is 49. The van der Waals surface area contributed by atoms with Crippen LogP contribution in [0.3, 0.4) is 0 Å². The van der Waals surface area contributed by atoms with Gasteiger partial charge in [-0.05, 0) is 83.5 Å². The predicted molar refractivity (Wildman–Crippen MR) is 282 cm³/mol. The molecule has 0 bridgehead atoms. The number of nitrogens with one attached hydrogen (secondary N) is 1. The first-order valence-corrected chi connectivity index (χ1v) is 27.7. The van der Waals surface area contributed by atoms with Gasteiger partial charge in [-0.25, -0.2) is 0 Å². The van der Waals surface area contributed by atoms with Crippen LogP contribution in [-0.2, 0) is 14.3 Å². The highest BCUT2D eigenvalue weighted by atomic mass is 16.5. The number of esters is 1. The van der Waals surface area contributed by atoms with E-state index in [-0.39, 0.29) is 24.9 Å². The minimum Gasteiger partial charge on any atom is -0.462 e. The van der Waals surface area contributed by atoms with Crippen molar-refractivity contribution < 1.29 is 24.5 Å². The topological polar surface area (TPSA) is 95.9 Å². The number of allylic oxidation sites excluding steroid dienone is 12. The number of ether oxygens (including phenoxy) is 1. The summed E-state index contributed by atoms with van der Waals surface area (Å²) in [5, 5.41) is 23.8. The van der Waals surface area contributed by atoms with Crippen LogP contribution in [0.5, 0.6) is 0 Å². The van der Waals surface area contributed by atoms with Gasteiger partial charge in [0.1, 0.15) is 6.10 Å². The maximum absolute atomic E-state index is 13.2. The number of amides is 1. The maximum Gasteiger partial charge on any atom is 0.306 e. The summed E-state index contributed by atoms with van der Waals surface area (Å²) in [6.07, 6.45) is 66.8. The highest BCUT2D eigenvalue weighted by Gasteiger charge is 2.24. The predicted octanol–water partition coefficient (Wildman–Crippen LogP) is 17.0. The first kappa shape index (κ1) is 62.3. The van der Waals surface area contributed by atoms with E-state index >= 15 is 0 Å². The monoisotopic (exact) mass is 908 g/mol. The molecule has 0 heterocycles. The van der Waals surface area contributed by atoms with Crippen molar-refractivity contribution in [1.29, 1.82) is 0 Å². The third-order valence-electron chi connectivity index (χ3n) is 12.3. The van der Waals surface area contributed by atoms with Crippen molar-refractivity contribution in [2.24, 2.45) is 0 Å². The zero-order valence-corrected chi connectivity index (χ0v) is 42.9. The molecule has 0 saturated heterocycles. The third kappa shape index (κ3) is 47.6. The number of carbonyl (C=O) groups excluding carboxylic acids is 2. The van der Waals surface area contributed by atoms with Crippen molar-refractivity contribution in [3.05, 3.63) is 72.9 Å². The molecule has 0 radical (unpaired) electrons. The lowest BCUT2D eigenvalue weighted by atomic mass is 10.0. The second-order valence-corrected chi connectivity index (χ2v) is 18.7. The largest absolute Gasteiger partial charge is 0.462 e. The van der Waals surface area contributed by atoms with Crippen LogP contribution < -0.4 is 5.32 Å². The molecule has 3 unspecified atom stereocenters. The summed E-state index contributed by atoms with van der Waals surface area (Å²) in [7, 11) is 0. The van der Waals surface area contributed by atoms with Gasteiger partial charge in [0.05, 0.1) is 25.2 Å². The Bertz CT molecular complexity index is 1200. The second kappa shape index (κ2) is 52.3. The van der Waals surface area contributed by atoms with Gasteiger partial charge in [0.2, 0.25) is 5.91 Å². The molecular formula is C59H105NO5. The van der Waals surface area contributed by atoms with E-state index in [2.05, 4.69) is 86.8 Å². The lowest BCUT2D eigenvalue weighted by molar-refractivity contribution is -0.151. The summed E-state index contributed by atoms with van der Waals surface area (Å²) >= 11 is 0. The Morgan fingerprint density at radius 3 is 1.43 bits per heavy atom. The van der Waals surface area contributed by atoms with Gasteiger partial charge in [-0.15, -0.1) is 0 Å². The van der Waals surface area contributed by atoms with E-state index in [0.29, 0.717) is 19.3 Å². The van der Waals surface area contributed by atoms with Crippen molar-refractivity contribution in [2.45, 2.75) is 283 Å². The smallest absolute Gasteiger partial charge is 0.306 e. The Kier molecular flexibility index (Phi) is 50.1. The number of aliphatic hydroxyl groups excluding tert-OH is 2. The Labute approximate surface area is 402 Å². The summed E-state index contributed by atoms with van der Waals surface area (Å²) in [6.45, 7) is 6.32. The van der Waals surface area contributed by atoms with Gasteiger partial charge >= 0.3 is 5.97 Å². The first-order chi connectivity index (χ1) is 32.0. The molecule has 0 saturated carbocycles. The van der Waals surface area contributed by atoms with E-state index < -0.39 is 18.2 Å². The van der Waals surface area contributed by atoms with Gasteiger partial charge < -0.3 is 20.3 Å². The molecule has 0 fully saturated rings. The van der Waals surface area contributed by atoms with Gasteiger partial charge in [-0.2, -0.15) is 0 Å². The summed E-state index contributed by atoms with van der Waals surface area (Å²) in [4.78, 5) is 26.2. The zero-order valence-electron chi connectivity index (χ0n) is 42.9. The molecule has 0 aliphatic heterocycles. The van der Waals surface area contributed by atoms with E-state index in [0.717, 1.165) is 89.9 Å². The normalized spacial score (nSPS) is 13.7. The van der Waals surface area contributed by atoms with E-state index in [9.17, 15) is 19.8 Å². The third-order valence-corrected chi connectivity index (χ3v) is 12.3. The summed E-state index contributed by atoms with van der Waals surface area (Å²) in [6, 6.07) is -0.718. The van der Waals surface area contributed by atoms with Crippen molar-refractivity contribution in [3.8, 4) is 0 Å². The average Bonchev–Trinajstić information content (AvgIpc) is 3.30. The summed E-state index contributed by atoms with van der Waals surface area (Å²) < 4.78 is 5.92. The minimum atomic E-state index is -0.802. The van der Waals surface area contributed by atoms with Crippen LogP contribution in [0.15, 0.2) is 72.9 Å². The molecule has 6 heteroatoms. The highest BCUT2D eigenvalue weighted by molar-refractivity contribution is 5.77. The Balaban J connectivity index is 4.52. The highest BCUT2D eigenvalue weighted by Crippen LogP contribution is 2.18. The van der Waals surface area contributed by atoms with Crippen LogP contribution in [0.1, 0.15) is 265 Å². The fraction of sp³-hybridized carbons (Fsp3) is 0.763. The maximum atomic E-state index is 13.2. The Hall–Kier alpha value is -2.70. The van der Waals surface area contributed by atoms with E-state index in [4.69, 9.17) is 4.74 Å². The molecule has 0 spiro atoms. The summed E-state index contributed by atoms with van der Waals surface area (Å²) in [5.74, 6) is -0.522. The second-order valence-electron chi connectivity index (χ2n) is 18.7. The SMILES string of the molecule is CC/C=C/C=C/C=C\CCCCCC(CC(=O)NC(CO)C(O)CCCCCCCCCCCCCCCCCC)OC(=O)CCCCCCCC/C=C\C/C=C\C/C=C\CCCCC.